The van der Waals surface area contributed by atoms with Crippen molar-refractivity contribution in [2.45, 2.75) is 44.7 Å². The van der Waals surface area contributed by atoms with Gasteiger partial charge in [-0.2, -0.15) is 0 Å². The summed E-state index contributed by atoms with van der Waals surface area (Å²) in [6.45, 7) is 9.85. The smallest absolute Gasteiger partial charge is 0.0503 e. The molecule has 0 aliphatic carbocycles. The van der Waals surface area contributed by atoms with E-state index in [0.717, 1.165) is 27.9 Å². The largest absolute Gasteiger partial charge is 0.295 e. The van der Waals surface area contributed by atoms with Gasteiger partial charge in [0.1, 0.15) is 0 Å². The SMILES string of the molecule is CC(C)N(CC1=C(Cl)c2cc(Cl)ccc2SC1)C(C)C. The molecule has 0 aromatic heterocycles. The molecular weight excluding hydrogens is 309 g/mol. The van der Waals surface area contributed by atoms with Crippen LogP contribution < -0.4 is 0 Å². The summed E-state index contributed by atoms with van der Waals surface area (Å²) < 4.78 is 0. The lowest BCUT2D eigenvalue weighted by Crippen LogP contribution is -2.39. The average molecular weight is 330 g/mol. The monoisotopic (exact) mass is 329 g/mol. The van der Waals surface area contributed by atoms with Crippen molar-refractivity contribution in [2.24, 2.45) is 0 Å². The van der Waals surface area contributed by atoms with E-state index in [4.69, 9.17) is 23.2 Å². The van der Waals surface area contributed by atoms with Crippen LogP contribution in [0.4, 0.5) is 0 Å². The lowest BCUT2D eigenvalue weighted by Gasteiger charge is -2.33. The van der Waals surface area contributed by atoms with Crippen molar-refractivity contribution in [3.8, 4) is 0 Å². The third kappa shape index (κ3) is 3.54. The molecule has 4 heteroatoms. The zero-order chi connectivity index (χ0) is 14.9. The lowest BCUT2D eigenvalue weighted by molar-refractivity contribution is 0.192. The highest BCUT2D eigenvalue weighted by molar-refractivity contribution is 7.99. The number of hydrogen-bond donors (Lipinski definition) is 0. The van der Waals surface area contributed by atoms with Gasteiger partial charge >= 0.3 is 0 Å². The van der Waals surface area contributed by atoms with Gasteiger partial charge in [-0.25, -0.2) is 0 Å². The minimum atomic E-state index is 0.512. The van der Waals surface area contributed by atoms with E-state index in [0.29, 0.717) is 12.1 Å². The summed E-state index contributed by atoms with van der Waals surface area (Å²) in [5.74, 6) is 0.962. The Morgan fingerprint density at radius 1 is 1.15 bits per heavy atom. The zero-order valence-electron chi connectivity index (χ0n) is 12.4. The van der Waals surface area contributed by atoms with Crippen LogP contribution in [0.1, 0.15) is 33.3 Å². The number of fused-ring (bicyclic) bond motifs is 1. The van der Waals surface area contributed by atoms with Gasteiger partial charge in [-0.15, -0.1) is 11.8 Å². The fourth-order valence-corrected chi connectivity index (χ4v) is 4.15. The third-order valence-corrected chi connectivity index (χ3v) is 5.46. The molecule has 0 fully saturated rings. The lowest BCUT2D eigenvalue weighted by atomic mass is 10.1. The van der Waals surface area contributed by atoms with Gasteiger partial charge in [0.15, 0.2) is 0 Å². The molecule has 0 atom stereocenters. The number of nitrogens with zero attached hydrogens (tertiary/aromatic N) is 1. The highest BCUT2D eigenvalue weighted by Crippen LogP contribution is 2.40. The Bertz CT molecular complexity index is 515. The van der Waals surface area contributed by atoms with Crippen molar-refractivity contribution in [2.75, 3.05) is 12.3 Å². The average Bonchev–Trinajstić information content (AvgIpc) is 2.37. The summed E-state index contributed by atoms with van der Waals surface area (Å²) in [5, 5.41) is 1.63. The second-order valence-electron chi connectivity index (χ2n) is 5.71. The number of hydrogen-bond acceptors (Lipinski definition) is 2. The molecule has 1 aromatic rings. The van der Waals surface area contributed by atoms with Crippen LogP contribution >= 0.6 is 35.0 Å². The molecule has 0 radical (unpaired) electrons. The fraction of sp³-hybridized carbons (Fsp3) is 0.500. The fourth-order valence-electron chi connectivity index (χ4n) is 2.52. The second-order valence-corrected chi connectivity index (χ2v) is 7.54. The Kier molecular flexibility index (Phi) is 5.47. The Morgan fingerprint density at radius 3 is 2.40 bits per heavy atom. The first-order valence-electron chi connectivity index (χ1n) is 6.96. The molecule has 20 heavy (non-hydrogen) atoms. The third-order valence-electron chi connectivity index (χ3n) is 3.59. The summed E-state index contributed by atoms with van der Waals surface area (Å²) in [4.78, 5) is 3.69. The predicted molar refractivity (Wildman–Crippen MR) is 91.9 cm³/mol. The Morgan fingerprint density at radius 2 is 1.80 bits per heavy atom. The van der Waals surface area contributed by atoms with E-state index in [1.165, 1.54) is 10.5 Å². The molecule has 0 spiro atoms. The molecule has 1 heterocycles. The molecular formula is C16H21Cl2NS. The van der Waals surface area contributed by atoms with E-state index in [-0.39, 0.29) is 0 Å². The Hall–Kier alpha value is -0.150. The minimum absolute atomic E-state index is 0.512. The summed E-state index contributed by atoms with van der Waals surface area (Å²) >= 11 is 14.6. The predicted octanol–water partition coefficient (Wildman–Crippen LogP) is 5.51. The van der Waals surface area contributed by atoms with Crippen LogP contribution in [0.25, 0.3) is 5.03 Å². The van der Waals surface area contributed by atoms with Gasteiger partial charge in [0.05, 0.1) is 5.03 Å². The Labute approximate surface area is 136 Å². The summed E-state index contributed by atoms with van der Waals surface area (Å²) in [6.07, 6.45) is 0. The van der Waals surface area contributed by atoms with Crippen molar-refractivity contribution in [1.82, 2.24) is 4.90 Å². The molecule has 1 nitrogen and oxygen atoms in total. The van der Waals surface area contributed by atoms with Gasteiger partial charge in [-0.1, -0.05) is 23.2 Å². The van der Waals surface area contributed by atoms with Gasteiger partial charge in [-0.3, -0.25) is 4.90 Å². The van der Waals surface area contributed by atoms with E-state index in [9.17, 15) is 0 Å². The topological polar surface area (TPSA) is 3.24 Å². The van der Waals surface area contributed by atoms with Crippen LogP contribution in [0.2, 0.25) is 5.02 Å². The number of benzene rings is 1. The quantitative estimate of drug-likeness (QED) is 0.716. The van der Waals surface area contributed by atoms with E-state index in [1.54, 1.807) is 0 Å². The summed E-state index contributed by atoms with van der Waals surface area (Å²) in [7, 11) is 0. The van der Waals surface area contributed by atoms with Crippen LogP contribution in [0, 0.1) is 0 Å². The van der Waals surface area contributed by atoms with Gasteiger partial charge in [-0.05, 0) is 51.5 Å². The van der Waals surface area contributed by atoms with Crippen LogP contribution in [0.5, 0.6) is 0 Å². The highest BCUT2D eigenvalue weighted by atomic mass is 35.5. The van der Waals surface area contributed by atoms with Crippen LogP contribution in [-0.4, -0.2) is 29.3 Å². The van der Waals surface area contributed by atoms with Crippen molar-refractivity contribution in [1.29, 1.82) is 0 Å². The number of halogens is 2. The van der Waals surface area contributed by atoms with Crippen LogP contribution in [-0.2, 0) is 0 Å². The van der Waals surface area contributed by atoms with E-state index in [2.05, 4.69) is 38.7 Å². The molecule has 0 N–H and O–H groups in total. The maximum atomic E-state index is 6.62. The van der Waals surface area contributed by atoms with Crippen LogP contribution in [0.15, 0.2) is 28.7 Å². The molecule has 0 saturated heterocycles. The van der Waals surface area contributed by atoms with Crippen molar-refractivity contribution in [3.63, 3.8) is 0 Å². The van der Waals surface area contributed by atoms with Gasteiger partial charge in [0, 0.05) is 39.9 Å². The molecule has 1 aliphatic rings. The van der Waals surface area contributed by atoms with Gasteiger partial charge < -0.3 is 0 Å². The first-order chi connectivity index (χ1) is 9.40. The molecule has 1 aromatic carbocycles. The first-order valence-corrected chi connectivity index (χ1v) is 8.70. The zero-order valence-corrected chi connectivity index (χ0v) is 14.7. The van der Waals surface area contributed by atoms with Crippen molar-refractivity contribution < 1.29 is 0 Å². The number of rotatable bonds is 4. The van der Waals surface area contributed by atoms with E-state index in [1.807, 2.05) is 23.9 Å². The molecule has 110 valence electrons. The molecule has 0 amide bonds. The summed E-state index contributed by atoms with van der Waals surface area (Å²) in [6, 6.07) is 6.98. The van der Waals surface area contributed by atoms with Crippen molar-refractivity contribution >= 4 is 40.0 Å². The van der Waals surface area contributed by atoms with Gasteiger partial charge in [0.2, 0.25) is 0 Å². The summed E-state index contributed by atoms with van der Waals surface area (Å²) in [5.41, 5.74) is 2.38. The molecule has 2 rings (SSSR count). The standard InChI is InChI=1S/C16H21Cl2NS/c1-10(2)19(11(3)4)8-12-9-20-15-6-5-13(17)7-14(15)16(12)18/h5-7,10-11H,8-9H2,1-4H3. The van der Waals surface area contributed by atoms with Crippen LogP contribution in [0.3, 0.4) is 0 Å². The molecule has 1 aliphatic heterocycles. The highest BCUT2D eigenvalue weighted by Gasteiger charge is 2.22. The molecule has 0 saturated carbocycles. The maximum absolute atomic E-state index is 6.62. The normalized spacial score (nSPS) is 15.4. The molecule has 0 bridgehead atoms. The molecule has 0 unspecified atom stereocenters. The number of thioether (sulfide) groups is 1. The Balaban J connectivity index is 2.31. The minimum Gasteiger partial charge on any atom is -0.295 e. The first kappa shape index (κ1) is 16.2. The maximum Gasteiger partial charge on any atom is 0.0503 e. The van der Waals surface area contributed by atoms with Gasteiger partial charge in [0.25, 0.3) is 0 Å². The van der Waals surface area contributed by atoms with E-state index >= 15 is 0 Å². The second kappa shape index (κ2) is 6.74. The van der Waals surface area contributed by atoms with Crippen molar-refractivity contribution in [3.05, 3.63) is 34.4 Å². The van der Waals surface area contributed by atoms with E-state index < -0.39 is 0 Å².